The van der Waals surface area contributed by atoms with E-state index in [1.165, 1.54) is 10.9 Å². The van der Waals surface area contributed by atoms with Crippen LogP contribution >= 0.6 is 0 Å². The molecule has 0 bridgehead atoms. The highest BCUT2D eigenvalue weighted by Crippen LogP contribution is 2.18. The van der Waals surface area contributed by atoms with Gasteiger partial charge in [-0.3, -0.25) is 19.6 Å². The number of carbonyl (C=O) groups excluding carboxylic acids is 1. The number of anilines is 3. The Labute approximate surface area is 149 Å². The van der Waals surface area contributed by atoms with Crippen LogP contribution in [0.25, 0.3) is 0 Å². The minimum absolute atomic E-state index is 0.0908. The maximum Gasteiger partial charge on any atom is 0.306 e. The molecule has 2 aromatic carbocycles. The van der Waals surface area contributed by atoms with E-state index in [0.29, 0.717) is 5.69 Å². The van der Waals surface area contributed by atoms with Crippen molar-refractivity contribution in [2.75, 3.05) is 10.6 Å². The van der Waals surface area contributed by atoms with E-state index in [-0.39, 0.29) is 24.6 Å². The van der Waals surface area contributed by atoms with Crippen LogP contribution in [0.15, 0.2) is 67.0 Å². The van der Waals surface area contributed by atoms with Gasteiger partial charge in [0.1, 0.15) is 12.4 Å². The highest BCUT2D eigenvalue weighted by atomic mass is 16.6. The van der Waals surface area contributed by atoms with Crippen molar-refractivity contribution in [1.29, 1.82) is 0 Å². The summed E-state index contributed by atoms with van der Waals surface area (Å²) in [5.74, 6) is -0.188. The summed E-state index contributed by atoms with van der Waals surface area (Å²) in [5, 5.41) is 20.5. The molecule has 0 aliphatic heterocycles. The van der Waals surface area contributed by atoms with E-state index in [2.05, 4.69) is 15.7 Å². The molecule has 1 heterocycles. The lowest BCUT2D eigenvalue weighted by molar-refractivity contribution is -0.385. The number of aryl methyl sites for hydroxylation is 1. The molecule has 0 radical (unpaired) electrons. The lowest BCUT2D eigenvalue weighted by atomic mass is 10.2. The molecule has 3 aromatic rings. The summed E-state index contributed by atoms with van der Waals surface area (Å²) in [6, 6.07) is 17.1. The van der Waals surface area contributed by atoms with Crippen LogP contribution in [0.3, 0.4) is 0 Å². The number of amides is 1. The molecule has 26 heavy (non-hydrogen) atoms. The SMILES string of the molecule is O=C(CCn1cc([N+](=O)[O-])cn1)Nc1ccc(Nc2ccccc2)cc1. The van der Waals surface area contributed by atoms with E-state index >= 15 is 0 Å². The Bertz CT molecular complexity index is 891. The zero-order valence-electron chi connectivity index (χ0n) is 13.8. The van der Waals surface area contributed by atoms with Gasteiger partial charge in [0.15, 0.2) is 0 Å². The molecule has 8 nitrogen and oxygen atoms in total. The molecule has 2 N–H and O–H groups in total. The van der Waals surface area contributed by atoms with E-state index < -0.39 is 4.92 Å². The van der Waals surface area contributed by atoms with Crippen molar-refractivity contribution in [2.45, 2.75) is 13.0 Å². The Morgan fingerprint density at radius 3 is 2.35 bits per heavy atom. The van der Waals surface area contributed by atoms with Gasteiger partial charge in [-0.05, 0) is 36.4 Å². The topological polar surface area (TPSA) is 102 Å². The molecule has 0 atom stereocenters. The van der Waals surface area contributed by atoms with Crippen LogP contribution in [-0.2, 0) is 11.3 Å². The Kier molecular flexibility index (Phi) is 5.23. The van der Waals surface area contributed by atoms with Crippen molar-refractivity contribution in [1.82, 2.24) is 9.78 Å². The Balaban J connectivity index is 1.50. The smallest absolute Gasteiger partial charge is 0.306 e. The van der Waals surface area contributed by atoms with Crippen LogP contribution < -0.4 is 10.6 Å². The number of carbonyl (C=O) groups is 1. The number of rotatable bonds is 7. The van der Waals surface area contributed by atoms with Crippen LogP contribution in [-0.4, -0.2) is 20.6 Å². The lowest BCUT2D eigenvalue weighted by Crippen LogP contribution is -2.14. The fourth-order valence-corrected chi connectivity index (χ4v) is 2.33. The fraction of sp³-hybridized carbons (Fsp3) is 0.111. The summed E-state index contributed by atoms with van der Waals surface area (Å²) in [4.78, 5) is 22.1. The average Bonchev–Trinajstić information content (AvgIpc) is 3.12. The molecular weight excluding hydrogens is 334 g/mol. The summed E-state index contributed by atoms with van der Waals surface area (Å²) in [5.41, 5.74) is 2.49. The number of hydrogen-bond acceptors (Lipinski definition) is 5. The second-order valence-electron chi connectivity index (χ2n) is 5.59. The molecule has 8 heteroatoms. The predicted molar refractivity (Wildman–Crippen MR) is 98.3 cm³/mol. The van der Waals surface area contributed by atoms with Crippen molar-refractivity contribution in [3.05, 3.63) is 77.1 Å². The standard InChI is InChI=1S/C18H17N5O3/c24-18(10-11-22-13-17(12-19-22)23(25)26)21-16-8-6-15(7-9-16)20-14-4-2-1-3-5-14/h1-9,12-13,20H,10-11H2,(H,21,24). The first-order valence-corrected chi connectivity index (χ1v) is 7.99. The summed E-state index contributed by atoms with van der Waals surface area (Å²) in [7, 11) is 0. The molecule has 0 spiro atoms. The highest BCUT2D eigenvalue weighted by molar-refractivity contribution is 5.90. The Hall–Kier alpha value is -3.68. The highest BCUT2D eigenvalue weighted by Gasteiger charge is 2.10. The summed E-state index contributed by atoms with van der Waals surface area (Å²) < 4.78 is 1.38. The van der Waals surface area contributed by atoms with Gasteiger partial charge >= 0.3 is 5.69 Å². The van der Waals surface area contributed by atoms with Crippen molar-refractivity contribution in [3.63, 3.8) is 0 Å². The van der Waals surface area contributed by atoms with Crippen molar-refractivity contribution < 1.29 is 9.72 Å². The first kappa shape index (κ1) is 17.2. The van der Waals surface area contributed by atoms with Gasteiger partial charge in [-0.2, -0.15) is 5.10 Å². The lowest BCUT2D eigenvalue weighted by Gasteiger charge is -2.08. The maximum atomic E-state index is 12.0. The van der Waals surface area contributed by atoms with E-state index in [4.69, 9.17) is 0 Å². The molecular formula is C18H17N5O3. The first-order chi connectivity index (χ1) is 12.6. The Morgan fingerprint density at radius 1 is 1.04 bits per heavy atom. The molecule has 0 aliphatic carbocycles. The van der Waals surface area contributed by atoms with Gasteiger partial charge in [0.25, 0.3) is 0 Å². The molecule has 0 saturated heterocycles. The fourth-order valence-electron chi connectivity index (χ4n) is 2.33. The molecule has 132 valence electrons. The molecule has 3 rings (SSSR count). The summed E-state index contributed by atoms with van der Waals surface area (Å²) in [6.45, 7) is 0.271. The van der Waals surface area contributed by atoms with Gasteiger partial charge < -0.3 is 10.6 Å². The van der Waals surface area contributed by atoms with Crippen molar-refractivity contribution in [2.24, 2.45) is 0 Å². The number of aromatic nitrogens is 2. The summed E-state index contributed by atoms with van der Waals surface area (Å²) >= 11 is 0. The van der Waals surface area contributed by atoms with Gasteiger partial charge in [-0.25, -0.2) is 0 Å². The number of nitro groups is 1. The molecule has 1 amide bonds. The number of nitrogens with one attached hydrogen (secondary N) is 2. The van der Waals surface area contributed by atoms with E-state index in [9.17, 15) is 14.9 Å². The minimum atomic E-state index is -0.519. The van der Waals surface area contributed by atoms with Crippen LogP contribution in [0.1, 0.15) is 6.42 Å². The van der Waals surface area contributed by atoms with E-state index in [1.807, 2.05) is 54.6 Å². The molecule has 0 unspecified atom stereocenters. The third-order valence-electron chi connectivity index (χ3n) is 3.63. The largest absolute Gasteiger partial charge is 0.356 e. The number of benzene rings is 2. The second-order valence-corrected chi connectivity index (χ2v) is 5.59. The van der Waals surface area contributed by atoms with Crippen LogP contribution in [0.4, 0.5) is 22.7 Å². The third-order valence-corrected chi connectivity index (χ3v) is 3.63. The zero-order valence-corrected chi connectivity index (χ0v) is 13.8. The maximum absolute atomic E-state index is 12.0. The van der Waals surface area contributed by atoms with Gasteiger partial charge in [-0.15, -0.1) is 0 Å². The molecule has 0 aliphatic rings. The van der Waals surface area contributed by atoms with E-state index in [0.717, 1.165) is 17.6 Å². The molecule has 1 aromatic heterocycles. The first-order valence-electron chi connectivity index (χ1n) is 7.99. The summed E-state index contributed by atoms with van der Waals surface area (Å²) in [6.07, 6.45) is 2.64. The molecule has 0 saturated carbocycles. The number of hydrogen-bond donors (Lipinski definition) is 2. The predicted octanol–water partition coefficient (Wildman–Crippen LogP) is 3.56. The van der Waals surface area contributed by atoms with Crippen LogP contribution in [0, 0.1) is 10.1 Å². The monoisotopic (exact) mass is 351 g/mol. The van der Waals surface area contributed by atoms with Gasteiger partial charge in [0, 0.05) is 30.0 Å². The van der Waals surface area contributed by atoms with Gasteiger partial charge in [-0.1, -0.05) is 18.2 Å². The van der Waals surface area contributed by atoms with Crippen molar-refractivity contribution >= 4 is 28.7 Å². The Morgan fingerprint density at radius 2 is 1.69 bits per heavy atom. The molecule has 0 fully saturated rings. The van der Waals surface area contributed by atoms with Gasteiger partial charge in [0.2, 0.25) is 5.91 Å². The average molecular weight is 351 g/mol. The minimum Gasteiger partial charge on any atom is -0.356 e. The second kappa shape index (κ2) is 7.93. The zero-order chi connectivity index (χ0) is 18.4. The van der Waals surface area contributed by atoms with Crippen molar-refractivity contribution in [3.8, 4) is 0 Å². The van der Waals surface area contributed by atoms with Crippen LogP contribution in [0.2, 0.25) is 0 Å². The number of para-hydroxylation sites is 1. The quantitative estimate of drug-likeness (QED) is 0.500. The van der Waals surface area contributed by atoms with E-state index in [1.54, 1.807) is 0 Å². The third kappa shape index (κ3) is 4.67. The van der Waals surface area contributed by atoms with Gasteiger partial charge in [0.05, 0.1) is 4.92 Å². The van der Waals surface area contributed by atoms with Crippen LogP contribution in [0.5, 0.6) is 0 Å². The number of nitrogens with zero attached hydrogens (tertiary/aromatic N) is 3. The normalized spacial score (nSPS) is 10.3.